The summed E-state index contributed by atoms with van der Waals surface area (Å²) < 4.78 is 31.5. The van der Waals surface area contributed by atoms with Crippen molar-refractivity contribution in [2.24, 2.45) is 0 Å². The second kappa shape index (κ2) is 9.29. The average molecular weight is 382 g/mol. The van der Waals surface area contributed by atoms with E-state index in [9.17, 15) is 18.4 Å². The molecule has 0 aliphatic heterocycles. The molecule has 2 aromatic carbocycles. The van der Waals surface area contributed by atoms with E-state index in [-0.39, 0.29) is 24.8 Å². The Morgan fingerprint density at radius 3 is 2.50 bits per heavy atom. The lowest BCUT2D eigenvalue weighted by Gasteiger charge is -2.18. The molecule has 0 aromatic heterocycles. The lowest BCUT2D eigenvalue weighted by atomic mass is 10.0. The Morgan fingerprint density at radius 1 is 1.15 bits per heavy atom. The highest BCUT2D eigenvalue weighted by Gasteiger charge is 2.19. The topological polar surface area (TPSA) is 55.4 Å². The molecule has 4 nitrogen and oxygen atoms in total. The third-order valence-electron chi connectivity index (χ3n) is 3.84. The maximum atomic E-state index is 13.6. The van der Waals surface area contributed by atoms with Crippen LogP contribution >= 0.6 is 11.6 Å². The summed E-state index contributed by atoms with van der Waals surface area (Å²) in [5, 5.41) is 3.25. The van der Waals surface area contributed by atoms with Crippen LogP contribution in [0.15, 0.2) is 42.5 Å². The molecule has 0 spiro atoms. The van der Waals surface area contributed by atoms with E-state index >= 15 is 0 Å². The first-order valence-electron chi connectivity index (χ1n) is 7.94. The predicted molar refractivity (Wildman–Crippen MR) is 93.6 cm³/mol. The van der Waals surface area contributed by atoms with E-state index in [0.717, 1.165) is 18.2 Å². The van der Waals surface area contributed by atoms with Crippen LogP contribution in [0.1, 0.15) is 30.0 Å². The minimum atomic E-state index is -0.607. The lowest BCUT2D eigenvalue weighted by Crippen LogP contribution is -2.30. The Balaban J connectivity index is 2.04. The first kappa shape index (κ1) is 19.8. The van der Waals surface area contributed by atoms with Gasteiger partial charge in [-0.25, -0.2) is 8.78 Å². The minimum absolute atomic E-state index is 0.0426. The molecule has 26 heavy (non-hydrogen) atoms. The maximum Gasteiger partial charge on any atom is 0.307 e. The van der Waals surface area contributed by atoms with Crippen LogP contribution in [0.5, 0.6) is 0 Å². The molecule has 1 unspecified atom stereocenters. The van der Waals surface area contributed by atoms with Crippen molar-refractivity contribution in [2.45, 2.75) is 25.3 Å². The van der Waals surface area contributed by atoms with E-state index in [4.69, 9.17) is 11.6 Å². The average Bonchev–Trinajstić information content (AvgIpc) is 2.62. The van der Waals surface area contributed by atoms with Crippen LogP contribution in [0.3, 0.4) is 0 Å². The molecule has 0 aliphatic rings. The van der Waals surface area contributed by atoms with Crippen LogP contribution in [-0.2, 0) is 20.7 Å². The second-order valence-electron chi connectivity index (χ2n) is 5.69. The zero-order valence-corrected chi connectivity index (χ0v) is 14.9. The fraction of sp³-hybridized carbons (Fsp3) is 0.263. The smallest absolute Gasteiger partial charge is 0.307 e. The van der Waals surface area contributed by atoms with Gasteiger partial charge in [0, 0.05) is 11.4 Å². The molecular formula is C19H18ClF2NO3. The zero-order valence-electron chi connectivity index (χ0n) is 14.1. The van der Waals surface area contributed by atoms with Crippen molar-refractivity contribution >= 4 is 23.5 Å². The normalized spacial score (nSPS) is 11.7. The second-order valence-corrected chi connectivity index (χ2v) is 6.12. The van der Waals surface area contributed by atoms with Gasteiger partial charge in [-0.2, -0.15) is 0 Å². The van der Waals surface area contributed by atoms with Gasteiger partial charge in [0.25, 0.3) is 0 Å². The third kappa shape index (κ3) is 5.81. The molecule has 0 heterocycles. The number of halogens is 3. The Hall–Kier alpha value is -2.47. The molecule has 0 saturated carbocycles. The highest BCUT2D eigenvalue weighted by Crippen LogP contribution is 2.20. The fourth-order valence-corrected chi connectivity index (χ4v) is 2.57. The summed E-state index contributed by atoms with van der Waals surface area (Å²) >= 11 is 5.86. The first-order valence-corrected chi connectivity index (χ1v) is 8.32. The molecule has 0 fully saturated rings. The van der Waals surface area contributed by atoms with Gasteiger partial charge in [-0.15, -0.1) is 0 Å². The minimum Gasteiger partial charge on any atom is -0.469 e. The number of benzene rings is 2. The number of aryl methyl sites for hydroxylation is 1. The molecule has 1 atom stereocenters. The van der Waals surface area contributed by atoms with Crippen LogP contribution in [-0.4, -0.2) is 19.0 Å². The molecule has 0 bridgehead atoms. The van der Waals surface area contributed by atoms with Crippen molar-refractivity contribution in [1.29, 1.82) is 0 Å². The van der Waals surface area contributed by atoms with E-state index in [1.807, 2.05) is 0 Å². The summed E-state index contributed by atoms with van der Waals surface area (Å²) in [6.45, 7) is 0. The highest BCUT2D eigenvalue weighted by molar-refractivity contribution is 6.30. The highest BCUT2D eigenvalue weighted by atomic mass is 35.5. The molecule has 138 valence electrons. The number of methoxy groups -OCH3 is 1. The van der Waals surface area contributed by atoms with Gasteiger partial charge in [0.1, 0.15) is 11.6 Å². The molecule has 0 saturated heterocycles. The molecule has 1 N–H and O–H groups in total. The van der Waals surface area contributed by atoms with Gasteiger partial charge in [0.2, 0.25) is 5.91 Å². The van der Waals surface area contributed by atoms with E-state index in [1.54, 1.807) is 24.3 Å². The van der Waals surface area contributed by atoms with Crippen molar-refractivity contribution in [3.63, 3.8) is 0 Å². The predicted octanol–water partition coefficient (Wildman–Crippen LogP) is 3.97. The molecule has 0 radical (unpaired) electrons. The number of ether oxygens (including phenoxy) is 1. The fourth-order valence-electron chi connectivity index (χ4n) is 2.45. The Labute approximate surface area is 155 Å². The Bertz CT molecular complexity index is 781. The number of nitrogens with one attached hydrogen (secondary N) is 1. The molecule has 0 aliphatic carbocycles. The van der Waals surface area contributed by atoms with E-state index in [1.165, 1.54) is 7.11 Å². The summed E-state index contributed by atoms with van der Waals surface area (Å²) in [6, 6.07) is 9.19. The van der Waals surface area contributed by atoms with Crippen LogP contribution in [0, 0.1) is 11.6 Å². The van der Waals surface area contributed by atoms with Gasteiger partial charge in [-0.1, -0.05) is 23.7 Å². The van der Waals surface area contributed by atoms with Gasteiger partial charge in [0.15, 0.2) is 0 Å². The summed E-state index contributed by atoms with van der Waals surface area (Å²) in [5.74, 6) is -2.01. The Morgan fingerprint density at radius 2 is 1.85 bits per heavy atom. The van der Waals surface area contributed by atoms with Gasteiger partial charge in [0.05, 0.1) is 19.6 Å². The van der Waals surface area contributed by atoms with Crippen molar-refractivity contribution in [3.8, 4) is 0 Å². The van der Waals surface area contributed by atoms with Crippen LogP contribution in [0.25, 0.3) is 0 Å². The van der Waals surface area contributed by atoms with Gasteiger partial charge < -0.3 is 10.1 Å². The van der Waals surface area contributed by atoms with Crippen LogP contribution < -0.4 is 5.32 Å². The van der Waals surface area contributed by atoms with E-state index < -0.39 is 29.6 Å². The first-order chi connectivity index (χ1) is 12.4. The molecule has 2 rings (SSSR count). The van der Waals surface area contributed by atoms with Gasteiger partial charge in [-0.05, 0) is 47.9 Å². The number of rotatable bonds is 7. The third-order valence-corrected chi connectivity index (χ3v) is 4.09. The summed E-state index contributed by atoms with van der Waals surface area (Å²) in [4.78, 5) is 23.8. The van der Waals surface area contributed by atoms with Crippen molar-refractivity contribution in [2.75, 3.05) is 7.11 Å². The van der Waals surface area contributed by atoms with E-state index in [2.05, 4.69) is 10.1 Å². The lowest BCUT2D eigenvalue weighted by molar-refractivity contribution is -0.141. The number of esters is 1. The SMILES string of the molecule is COC(=O)CC(NC(=O)CCc1cc(F)ccc1F)c1ccc(Cl)cc1. The summed E-state index contributed by atoms with van der Waals surface area (Å²) in [5.41, 5.74) is 0.807. The van der Waals surface area contributed by atoms with Gasteiger partial charge in [-0.3, -0.25) is 9.59 Å². The van der Waals surface area contributed by atoms with Crippen LogP contribution in [0.2, 0.25) is 5.02 Å². The van der Waals surface area contributed by atoms with Crippen molar-refractivity contribution < 1.29 is 23.1 Å². The van der Waals surface area contributed by atoms with Crippen molar-refractivity contribution in [3.05, 3.63) is 70.2 Å². The van der Waals surface area contributed by atoms with Crippen molar-refractivity contribution in [1.82, 2.24) is 5.32 Å². The van der Waals surface area contributed by atoms with Gasteiger partial charge >= 0.3 is 5.97 Å². The molecular weight excluding hydrogens is 364 g/mol. The van der Waals surface area contributed by atoms with Crippen LogP contribution in [0.4, 0.5) is 8.78 Å². The quantitative estimate of drug-likeness (QED) is 0.738. The number of carbonyl (C=O) groups is 2. The van der Waals surface area contributed by atoms with E-state index in [0.29, 0.717) is 10.6 Å². The number of carbonyl (C=O) groups excluding carboxylic acids is 2. The number of amides is 1. The monoisotopic (exact) mass is 381 g/mol. The molecule has 1 amide bonds. The number of hydrogen-bond acceptors (Lipinski definition) is 3. The molecule has 2 aromatic rings. The Kier molecular flexibility index (Phi) is 7.09. The standard InChI is InChI=1S/C19H18ClF2NO3/c1-26-19(25)11-17(12-2-5-14(20)6-3-12)23-18(24)9-4-13-10-15(21)7-8-16(13)22/h2-3,5-8,10,17H,4,9,11H2,1H3,(H,23,24). The zero-order chi connectivity index (χ0) is 19.1. The summed E-state index contributed by atoms with van der Waals surface area (Å²) in [7, 11) is 1.26. The number of hydrogen-bond donors (Lipinski definition) is 1. The maximum absolute atomic E-state index is 13.6. The molecule has 7 heteroatoms. The summed E-state index contributed by atoms with van der Waals surface area (Å²) in [6.07, 6.45) is -0.0647. The largest absolute Gasteiger partial charge is 0.469 e.